The number of nitrogens with zero attached hydrogens (tertiary/aromatic N) is 2. The van der Waals surface area contributed by atoms with E-state index < -0.39 is 24.0 Å². The SMILES string of the molecule is C[C@@H](O)[C@@H]1C(=O)N2C(C(=O)O)=C(S[C@@H]3CN[C@H](C/C(=N/O)NC(=O)NCCO)C3)[C@H](C)[C@H]12. The average Bonchev–Trinajstić information content (AvgIpc) is 3.26. The summed E-state index contributed by atoms with van der Waals surface area (Å²) in [7, 11) is 0. The van der Waals surface area contributed by atoms with Gasteiger partial charge in [-0.2, -0.15) is 0 Å². The first kappa shape index (κ1) is 24.3. The standard InChI is InChI=1S/C19H29N5O7S/c1-8-14-13(9(2)26)17(27)24(14)15(18(28)29)16(8)32-11-5-10(21-7-11)6-12(23-31)22-19(30)20-3-4-25/h8-11,13-14,21,25-26,31H,3-7H2,1-2H3,(H,28,29)(H2,20,22,23,30)/t8-,9-,10+,11+,13+,14-/m1/s1. The molecule has 7 N–H and O–H groups in total. The second-order valence-electron chi connectivity index (χ2n) is 8.21. The summed E-state index contributed by atoms with van der Waals surface area (Å²) < 4.78 is 0. The van der Waals surface area contributed by atoms with E-state index in [9.17, 15) is 29.8 Å². The third-order valence-electron chi connectivity index (χ3n) is 6.00. The molecule has 0 saturated carbocycles. The first-order valence-corrected chi connectivity index (χ1v) is 11.3. The summed E-state index contributed by atoms with van der Waals surface area (Å²) in [5.74, 6) is -2.25. The fourth-order valence-corrected chi connectivity index (χ4v) is 6.10. The molecule has 3 heterocycles. The Morgan fingerprint density at radius 2 is 2.12 bits per heavy atom. The molecule has 0 spiro atoms. The van der Waals surface area contributed by atoms with Gasteiger partial charge in [-0.05, 0) is 13.3 Å². The number of fused-ring (bicyclic) bond motifs is 1. The van der Waals surface area contributed by atoms with Gasteiger partial charge in [0, 0.05) is 41.6 Å². The highest BCUT2D eigenvalue weighted by atomic mass is 32.2. The summed E-state index contributed by atoms with van der Waals surface area (Å²) in [6.45, 7) is 3.86. The summed E-state index contributed by atoms with van der Waals surface area (Å²) in [4.78, 5) is 38.0. The predicted octanol–water partition coefficient (Wildman–Crippen LogP) is -0.927. The number of hydrogen-bond acceptors (Lipinski definition) is 9. The molecule has 0 aromatic rings. The smallest absolute Gasteiger partial charge is 0.353 e. The molecule has 178 valence electrons. The summed E-state index contributed by atoms with van der Waals surface area (Å²) in [6.07, 6.45) is 0.0321. The van der Waals surface area contributed by atoms with Crippen molar-refractivity contribution in [3.05, 3.63) is 10.6 Å². The molecule has 6 atom stereocenters. The Hall–Kier alpha value is -2.35. The number of urea groups is 1. The van der Waals surface area contributed by atoms with Gasteiger partial charge in [-0.15, -0.1) is 11.8 Å². The normalized spacial score (nSPS) is 30.8. The molecule has 3 rings (SSSR count). The third-order valence-corrected chi connectivity index (χ3v) is 7.51. The van der Waals surface area contributed by atoms with Crippen molar-refractivity contribution in [2.75, 3.05) is 19.7 Å². The van der Waals surface area contributed by atoms with Crippen molar-refractivity contribution in [1.82, 2.24) is 20.9 Å². The number of hydrogen-bond donors (Lipinski definition) is 7. The van der Waals surface area contributed by atoms with Gasteiger partial charge in [-0.25, -0.2) is 9.59 Å². The van der Waals surface area contributed by atoms with Gasteiger partial charge in [-0.1, -0.05) is 12.1 Å². The largest absolute Gasteiger partial charge is 0.477 e. The van der Waals surface area contributed by atoms with Crippen LogP contribution in [0.1, 0.15) is 26.7 Å². The Morgan fingerprint density at radius 3 is 2.72 bits per heavy atom. The Morgan fingerprint density at radius 1 is 1.41 bits per heavy atom. The molecule has 0 aromatic carbocycles. The monoisotopic (exact) mass is 471 g/mol. The minimum Gasteiger partial charge on any atom is -0.477 e. The van der Waals surface area contributed by atoms with Gasteiger partial charge in [-0.3, -0.25) is 10.1 Å². The van der Waals surface area contributed by atoms with Crippen LogP contribution in [0.2, 0.25) is 0 Å². The Balaban J connectivity index is 1.62. The van der Waals surface area contributed by atoms with Gasteiger partial charge in [0.2, 0.25) is 5.91 Å². The van der Waals surface area contributed by atoms with E-state index in [1.165, 1.54) is 16.7 Å². The van der Waals surface area contributed by atoms with Crippen molar-refractivity contribution < 1.29 is 34.9 Å². The maximum Gasteiger partial charge on any atom is 0.353 e. The van der Waals surface area contributed by atoms with Crippen molar-refractivity contribution in [1.29, 1.82) is 0 Å². The van der Waals surface area contributed by atoms with Crippen LogP contribution in [0, 0.1) is 11.8 Å². The van der Waals surface area contributed by atoms with E-state index >= 15 is 0 Å². The maximum atomic E-state index is 12.4. The number of carboxylic acids is 1. The lowest BCUT2D eigenvalue weighted by molar-refractivity contribution is -0.163. The molecule has 0 aliphatic carbocycles. The van der Waals surface area contributed by atoms with Gasteiger partial charge in [0.05, 0.1) is 24.7 Å². The zero-order valence-corrected chi connectivity index (χ0v) is 18.6. The number of aliphatic carboxylic acids is 1. The summed E-state index contributed by atoms with van der Waals surface area (Å²) in [5, 5.41) is 48.8. The number of carbonyl (C=O) groups is 3. The molecule has 12 nitrogen and oxygen atoms in total. The first-order valence-electron chi connectivity index (χ1n) is 10.4. The molecule has 3 aliphatic heterocycles. The molecule has 2 fully saturated rings. The fourth-order valence-electron chi connectivity index (χ4n) is 4.58. The molecule has 0 aromatic heterocycles. The van der Waals surface area contributed by atoms with Crippen LogP contribution in [0.15, 0.2) is 15.8 Å². The Kier molecular flexibility index (Phi) is 7.64. The molecule has 3 amide bonds. The van der Waals surface area contributed by atoms with Gasteiger partial charge >= 0.3 is 12.0 Å². The Bertz CT molecular complexity index is 833. The van der Waals surface area contributed by atoms with E-state index in [1.807, 2.05) is 6.92 Å². The molecule has 3 aliphatic rings. The molecule has 0 unspecified atom stereocenters. The zero-order valence-electron chi connectivity index (χ0n) is 17.8. The van der Waals surface area contributed by atoms with Crippen LogP contribution in [0.4, 0.5) is 4.79 Å². The van der Waals surface area contributed by atoms with Crippen molar-refractivity contribution in [3.8, 4) is 0 Å². The van der Waals surface area contributed by atoms with E-state index in [4.69, 9.17) is 5.11 Å². The van der Waals surface area contributed by atoms with E-state index in [0.29, 0.717) is 17.9 Å². The number of β-lactam (4-membered cyclic amide) rings is 1. The maximum absolute atomic E-state index is 12.4. The van der Waals surface area contributed by atoms with Gasteiger partial charge in [0.15, 0.2) is 5.84 Å². The lowest BCUT2D eigenvalue weighted by atomic mass is 9.79. The molecule has 0 bridgehead atoms. The van der Waals surface area contributed by atoms with Crippen molar-refractivity contribution in [2.24, 2.45) is 17.0 Å². The van der Waals surface area contributed by atoms with Gasteiger partial charge in [0.1, 0.15) is 5.70 Å². The lowest BCUT2D eigenvalue weighted by Crippen LogP contribution is -2.63. The average molecular weight is 472 g/mol. The number of thioether (sulfide) groups is 1. The zero-order chi connectivity index (χ0) is 23.6. The minimum atomic E-state index is -1.16. The second kappa shape index (κ2) is 10.1. The van der Waals surface area contributed by atoms with Gasteiger partial charge < -0.3 is 36.1 Å². The Labute approximate surface area is 189 Å². The quantitative estimate of drug-likeness (QED) is 0.0773. The number of carbonyl (C=O) groups excluding carboxylic acids is 2. The first-order chi connectivity index (χ1) is 15.2. The van der Waals surface area contributed by atoms with Crippen molar-refractivity contribution in [2.45, 2.75) is 50.1 Å². The number of amides is 3. The van der Waals surface area contributed by atoms with Crippen LogP contribution in [-0.2, 0) is 9.59 Å². The highest BCUT2D eigenvalue weighted by Gasteiger charge is 2.60. The van der Waals surface area contributed by atoms with Crippen LogP contribution >= 0.6 is 11.8 Å². The van der Waals surface area contributed by atoms with Crippen molar-refractivity contribution >= 4 is 35.5 Å². The van der Waals surface area contributed by atoms with Crippen LogP contribution in [-0.4, -0.2) is 92.3 Å². The van der Waals surface area contributed by atoms with E-state index in [-0.39, 0.29) is 60.3 Å². The number of carboxylic acid groups (broad SMARTS) is 1. The minimum absolute atomic E-state index is 0.00215. The molecule has 32 heavy (non-hydrogen) atoms. The molecule has 0 radical (unpaired) electrons. The number of nitrogens with one attached hydrogen (secondary N) is 3. The number of oxime groups is 1. The van der Waals surface area contributed by atoms with E-state index in [2.05, 4.69) is 21.1 Å². The number of aliphatic hydroxyl groups is 2. The predicted molar refractivity (Wildman–Crippen MR) is 115 cm³/mol. The van der Waals surface area contributed by atoms with Gasteiger partial charge in [0.25, 0.3) is 0 Å². The van der Waals surface area contributed by atoms with Crippen LogP contribution in [0.3, 0.4) is 0 Å². The van der Waals surface area contributed by atoms with E-state index in [0.717, 1.165) is 0 Å². The number of rotatable bonds is 8. The van der Waals surface area contributed by atoms with Crippen molar-refractivity contribution in [3.63, 3.8) is 0 Å². The summed E-state index contributed by atoms with van der Waals surface area (Å²) in [5.41, 5.74) is -0.00215. The van der Waals surface area contributed by atoms with Crippen LogP contribution in [0.5, 0.6) is 0 Å². The topological polar surface area (TPSA) is 184 Å². The van der Waals surface area contributed by atoms with Crippen LogP contribution < -0.4 is 16.0 Å². The highest BCUT2D eigenvalue weighted by molar-refractivity contribution is 8.03. The molecule has 13 heteroatoms. The summed E-state index contributed by atoms with van der Waals surface area (Å²) in [6, 6.07) is -1.05. The molecule has 2 saturated heterocycles. The molecular weight excluding hydrogens is 442 g/mol. The third kappa shape index (κ3) is 4.70. The number of aliphatic hydroxyl groups excluding tert-OH is 2. The lowest BCUT2D eigenvalue weighted by Gasteiger charge is -2.46. The summed E-state index contributed by atoms with van der Waals surface area (Å²) >= 11 is 1.42. The van der Waals surface area contributed by atoms with Crippen LogP contribution in [0.25, 0.3) is 0 Å². The van der Waals surface area contributed by atoms with E-state index in [1.54, 1.807) is 6.92 Å². The molecular formula is C19H29N5O7S. The second-order valence-corrected chi connectivity index (χ2v) is 9.55. The fraction of sp³-hybridized carbons (Fsp3) is 0.684. The highest BCUT2D eigenvalue weighted by Crippen LogP contribution is 2.51. The number of amidine groups is 1.